The molecule has 2 rings (SSSR count). The highest BCUT2D eigenvalue weighted by molar-refractivity contribution is 7.99. The molecule has 4 heteroatoms. The van der Waals surface area contributed by atoms with Gasteiger partial charge in [0.15, 0.2) is 0 Å². The van der Waals surface area contributed by atoms with Crippen LogP contribution in [0.1, 0.15) is 12.0 Å². The van der Waals surface area contributed by atoms with Crippen LogP contribution >= 0.6 is 23.4 Å². The molecule has 0 bridgehead atoms. The Bertz CT molecular complexity index is 319. The fourth-order valence-electron chi connectivity index (χ4n) is 1.66. The highest BCUT2D eigenvalue weighted by Crippen LogP contribution is 2.25. The molecule has 0 saturated carbocycles. The average molecular weight is 244 g/mol. The number of aromatic hydroxyl groups is 1. The predicted octanol–water partition coefficient (Wildman–Crippen LogP) is 2.64. The molecule has 15 heavy (non-hydrogen) atoms. The summed E-state index contributed by atoms with van der Waals surface area (Å²) in [5.41, 5.74) is 0.802. The Hall–Kier alpha value is -0.380. The monoisotopic (exact) mass is 243 g/mol. The number of hydrogen-bond acceptors (Lipinski definition) is 3. The van der Waals surface area contributed by atoms with E-state index in [0.29, 0.717) is 17.6 Å². The minimum atomic E-state index is 0.278. The Balaban J connectivity index is 1.97. The van der Waals surface area contributed by atoms with Gasteiger partial charge in [-0.2, -0.15) is 11.8 Å². The van der Waals surface area contributed by atoms with E-state index in [1.165, 1.54) is 12.2 Å². The summed E-state index contributed by atoms with van der Waals surface area (Å²) in [5, 5.41) is 13.7. The largest absolute Gasteiger partial charge is 0.508 e. The summed E-state index contributed by atoms with van der Waals surface area (Å²) in [6, 6.07) is 5.80. The van der Waals surface area contributed by atoms with Gasteiger partial charge in [-0.25, -0.2) is 0 Å². The molecule has 0 spiro atoms. The smallest absolute Gasteiger partial charge is 0.121 e. The third-order valence-electron chi connectivity index (χ3n) is 2.59. The molecular weight excluding hydrogens is 230 g/mol. The number of halogens is 1. The molecule has 1 aliphatic rings. The van der Waals surface area contributed by atoms with Crippen molar-refractivity contribution in [3.8, 4) is 5.75 Å². The molecule has 1 atom stereocenters. The third-order valence-corrected chi connectivity index (χ3v) is 4.11. The highest BCUT2D eigenvalue weighted by Gasteiger charge is 2.15. The molecule has 0 aliphatic carbocycles. The minimum absolute atomic E-state index is 0.278. The van der Waals surface area contributed by atoms with Crippen LogP contribution in [0.3, 0.4) is 0 Å². The number of benzene rings is 1. The topological polar surface area (TPSA) is 32.3 Å². The van der Waals surface area contributed by atoms with Gasteiger partial charge in [0.2, 0.25) is 0 Å². The van der Waals surface area contributed by atoms with Crippen LogP contribution < -0.4 is 5.32 Å². The molecule has 2 nitrogen and oxygen atoms in total. The van der Waals surface area contributed by atoms with Crippen LogP contribution in [0.2, 0.25) is 5.02 Å². The van der Waals surface area contributed by atoms with E-state index in [9.17, 15) is 5.11 Å². The van der Waals surface area contributed by atoms with Crippen LogP contribution in [0.4, 0.5) is 0 Å². The molecular formula is C11H14ClNOS. The van der Waals surface area contributed by atoms with Crippen LogP contribution in [0, 0.1) is 0 Å². The van der Waals surface area contributed by atoms with Crippen LogP contribution in [0.15, 0.2) is 18.2 Å². The van der Waals surface area contributed by atoms with E-state index in [4.69, 9.17) is 11.6 Å². The van der Waals surface area contributed by atoms with Crippen LogP contribution in [-0.2, 0) is 6.54 Å². The zero-order valence-corrected chi connectivity index (χ0v) is 9.94. The van der Waals surface area contributed by atoms with Crippen molar-refractivity contribution in [2.24, 2.45) is 0 Å². The van der Waals surface area contributed by atoms with E-state index >= 15 is 0 Å². The van der Waals surface area contributed by atoms with E-state index in [1.807, 2.05) is 17.8 Å². The van der Waals surface area contributed by atoms with E-state index in [1.54, 1.807) is 12.1 Å². The number of hydrogen-bond donors (Lipinski definition) is 2. The van der Waals surface area contributed by atoms with Crippen molar-refractivity contribution in [1.82, 2.24) is 5.32 Å². The molecule has 1 heterocycles. The average Bonchev–Trinajstić information content (AvgIpc) is 2.70. The quantitative estimate of drug-likeness (QED) is 0.856. The molecule has 1 saturated heterocycles. The second-order valence-electron chi connectivity index (χ2n) is 3.68. The van der Waals surface area contributed by atoms with Gasteiger partial charge in [0.05, 0.1) is 0 Å². The van der Waals surface area contributed by atoms with Gasteiger partial charge in [0.1, 0.15) is 5.75 Å². The van der Waals surface area contributed by atoms with Crippen molar-refractivity contribution >= 4 is 23.4 Å². The van der Waals surface area contributed by atoms with Gasteiger partial charge in [-0.3, -0.25) is 0 Å². The summed E-state index contributed by atoms with van der Waals surface area (Å²) in [7, 11) is 0. The lowest BCUT2D eigenvalue weighted by molar-refractivity contribution is 0.459. The first kappa shape index (κ1) is 11.1. The maximum absolute atomic E-state index is 9.64. The number of phenolic OH excluding ortho intramolecular Hbond substituents is 1. The first-order valence-electron chi connectivity index (χ1n) is 5.05. The van der Waals surface area contributed by atoms with Gasteiger partial charge in [0.25, 0.3) is 0 Å². The van der Waals surface area contributed by atoms with Gasteiger partial charge in [-0.1, -0.05) is 17.7 Å². The lowest BCUT2D eigenvalue weighted by Gasteiger charge is -2.12. The Morgan fingerprint density at radius 2 is 2.40 bits per heavy atom. The van der Waals surface area contributed by atoms with Crippen molar-refractivity contribution in [3.05, 3.63) is 28.8 Å². The summed E-state index contributed by atoms with van der Waals surface area (Å²) < 4.78 is 0. The minimum Gasteiger partial charge on any atom is -0.508 e. The zero-order chi connectivity index (χ0) is 10.7. The molecule has 1 fully saturated rings. The van der Waals surface area contributed by atoms with Gasteiger partial charge >= 0.3 is 0 Å². The van der Waals surface area contributed by atoms with Crippen molar-refractivity contribution in [2.75, 3.05) is 11.5 Å². The predicted molar refractivity (Wildman–Crippen MR) is 65.7 cm³/mol. The van der Waals surface area contributed by atoms with Crippen molar-refractivity contribution in [1.29, 1.82) is 0 Å². The lowest BCUT2D eigenvalue weighted by atomic mass is 10.2. The summed E-state index contributed by atoms with van der Waals surface area (Å²) >= 11 is 7.98. The molecule has 2 N–H and O–H groups in total. The Labute approximate surface area is 99.0 Å². The maximum atomic E-state index is 9.64. The van der Waals surface area contributed by atoms with E-state index in [0.717, 1.165) is 11.3 Å². The zero-order valence-electron chi connectivity index (χ0n) is 8.37. The summed E-state index contributed by atoms with van der Waals surface area (Å²) in [6.45, 7) is 0.650. The first-order chi connectivity index (χ1) is 7.27. The number of phenols is 1. The summed E-state index contributed by atoms with van der Waals surface area (Å²) in [4.78, 5) is 0. The van der Waals surface area contributed by atoms with Gasteiger partial charge < -0.3 is 10.4 Å². The molecule has 1 aromatic carbocycles. The van der Waals surface area contributed by atoms with Crippen LogP contribution in [0.25, 0.3) is 0 Å². The van der Waals surface area contributed by atoms with Gasteiger partial charge in [-0.15, -0.1) is 0 Å². The molecule has 0 amide bonds. The molecule has 0 radical (unpaired) electrons. The summed E-state index contributed by atoms with van der Waals surface area (Å²) in [6.07, 6.45) is 1.20. The number of rotatable bonds is 3. The Morgan fingerprint density at radius 1 is 1.53 bits per heavy atom. The summed E-state index contributed by atoms with van der Waals surface area (Å²) in [5.74, 6) is 2.66. The normalized spacial score (nSPS) is 20.7. The number of thioether (sulfide) groups is 1. The second-order valence-corrected chi connectivity index (χ2v) is 5.24. The first-order valence-corrected chi connectivity index (χ1v) is 6.58. The Kier molecular flexibility index (Phi) is 3.78. The Morgan fingerprint density at radius 3 is 3.07 bits per heavy atom. The van der Waals surface area contributed by atoms with Crippen molar-refractivity contribution in [3.63, 3.8) is 0 Å². The fraction of sp³-hybridized carbons (Fsp3) is 0.455. The highest BCUT2D eigenvalue weighted by atomic mass is 35.5. The second kappa shape index (κ2) is 5.10. The van der Waals surface area contributed by atoms with Crippen LogP contribution in [-0.4, -0.2) is 22.7 Å². The molecule has 0 aromatic heterocycles. The third kappa shape index (κ3) is 2.80. The van der Waals surface area contributed by atoms with Gasteiger partial charge in [0, 0.05) is 28.9 Å². The molecule has 82 valence electrons. The SMILES string of the molecule is Oc1cccc(Cl)c1CNC1CCSC1. The number of nitrogens with one attached hydrogen (secondary N) is 1. The van der Waals surface area contributed by atoms with E-state index in [-0.39, 0.29) is 5.75 Å². The van der Waals surface area contributed by atoms with Gasteiger partial charge in [-0.05, 0) is 24.3 Å². The van der Waals surface area contributed by atoms with E-state index < -0.39 is 0 Å². The van der Waals surface area contributed by atoms with Crippen molar-refractivity contribution < 1.29 is 5.11 Å². The fourth-order valence-corrected chi connectivity index (χ4v) is 3.09. The molecule has 1 aliphatic heterocycles. The lowest BCUT2D eigenvalue weighted by Crippen LogP contribution is -2.28. The molecule has 1 aromatic rings. The van der Waals surface area contributed by atoms with E-state index in [2.05, 4.69) is 5.32 Å². The van der Waals surface area contributed by atoms with Crippen molar-refractivity contribution in [2.45, 2.75) is 19.0 Å². The standard InChI is InChI=1S/C11H14ClNOS/c12-10-2-1-3-11(14)9(10)6-13-8-4-5-15-7-8/h1-3,8,13-14H,4-7H2. The maximum Gasteiger partial charge on any atom is 0.121 e. The molecule has 1 unspecified atom stereocenters. The van der Waals surface area contributed by atoms with Crippen LogP contribution in [0.5, 0.6) is 5.75 Å².